The lowest BCUT2D eigenvalue weighted by molar-refractivity contribution is -0.143. The second-order valence-corrected chi connectivity index (χ2v) is 3.58. The molecule has 1 unspecified atom stereocenters. The summed E-state index contributed by atoms with van der Waals surface area (Å²) >= 11 is 0. The molecular formula is C9H16N4O2. The first-order valence-corrected chi connectivity index (χ1v) is 4.93. The first-order valence-electron chi connectivity index (χ1n) is 4.93. The molecule has 3 N–H and O–H groups in total. The number of aryl methyl sites for hydroxylation is 1. The molecule has 1 heterocycles. The zero-order valence-electron chi connectivity index (χ0n) is 8.76. The van der Waals surface area contributed by atoms with Crippen molar-refractivity contribution in [1.29, 1.82) is 0 Å². The summed E-state index contributed by atoms with van der Waals surface area (Å²) in [7, 11) is 0. The highest BCUT2D eigenvalue weighted by Gasteiger charge is 2.30. The van der Waals surface area contributed by atoms with Crippen molar-refractivity contribution in [1.82, 2.24) is 14.8 Å². The van der Waals surface area contributed by atoms with E-state index in [9.17, 15) is 4.79 Å². The largest absolute Gasteiger partial charge is 0.480 e. The van der Waals surface area contributed by atoms with Gasteiger partial charge in [0.15, 0.2) is 0 Å². The Morgan fingerprint density at radius 2 is 2.40 bits per heavy atom. The summed E-state index contributed by atoms with van der Waals surface area (Å²) in [6, 6.07) is 0. The lowest BCUT2D eigenvalue weighted by Crippen LogP contribution is -2.47. The molecule has 84 valence electrons. The van der Waals surface area contributed by atoms with E-state index in [-0.39, 0.29) is 0 Å². The molecule has 0 aliphatic heterocycles. The van der Waals surface area contributed by atoms with Crippen molar-refractivity contribution in [2.45, 2.75) is 38.3 Å². The molecule has 0 amide bonds. The van der Waals surface area contributed by atoms with Crippen LogP contribution in [0.4, 0.5) is 0 Å². The van der Waals surface area contributed by atoms with Crippen molar-refractivity contribution < 1.29 is 9.90 Å². The fraction of sp³-hybridized carbons (Fsp3) is 0.667. The van der Waals surface area contributed by atoms with Crippen molar-refractivity contribution in [3.05, 3.63) is 12.7 Å². The van der Waals surface area contributed by atoms with Crippen LogP contribution >= 0.6 is 0 Å². The molecule has 1 aromatic rings. The van der Waals surface area contributed by atoms with Gasteiger partial charge in [-0.25, -0.2) is 4.98 Å². The van der Waals surface area contributed by atoms with Gasteiger partial charge in [-0.1, -0.05) is 6.92 Å². The van der Waals surface area contributed by atoms with Crippen molar-refractivity contribution >= 4 is 5.97 Å². The van der Waals surface area contributed by atoms with Gasteiger partial charge in [0.2, 0.25) is 0 Å². The van der Waals surface area contributed by atoms with E-state index >= 15 is 0 Å². The second kappa shape index (κ2) is 4.88. The summed E-state index contributed by atoms with van der Waals surface area (Å²) in [4.78, 5) is 14.7. The van der Waals surface area contributed by atoms with Crippen LogP contribution in [-0.2, 0) is 11.3 Å². The average molecular weight is 212 g/mol. The van der Waals surface area contributed by atoms with Crippen LogP contribution in [0.2, 0.25) is 0 Å². The Labute approximate surface area is 88.1 Å². The number of nitrogens with zero attached hydrogens (tertiary/aromatic N) is 3. The van der Waals surface area contributed by atoms with Crippen LogP contribution in [0.15, 0.2) is 12.7 Å². The lowest BCUT2D eigenvalue weighted by atomic mass is 9.92. The molecule has 0 aliphatic carbocycles. The Morgan fingerprint density at radius 1 is 1.67 bits per heavy atom. The monoisotopic (exact) mass is 212 g/mol. The smallest absolute Gasteiger partial charge is 0.323 e. The minimum Gasteiger partial charge on any atom is -0.480 e. The number of aliphatic carboxylic acids is 1. The van der Waals surface area contributed by atoms with Crippen LogP contribution < -0.4 is 5.73 Å². The molecular weight excluding hydrogens is 196 g/mol. The van der Waals surface area contributed by atoms with Gasteiger partial charge >= 0.3 is 5.97 Å². The molecule has 0 radical (unpaired) electrons. The fourth-order valence-electron chi connectivity index (χ4n) is 1.34. The molecule has 0 bridgehead atoms. The van der Waals surface area contributed by atoms with E-state index in [1.54, 1.807) is 17.9 Å². The molecule has 0 aromatic carbocycles. The number of carboxylic acids is 1. The summed E-state index contributed by atoms with van der Waals surface area (Å²) in [6.07, 6.45) is 4.61. The molecule has 1 rings (SSSR count). The Bertz CT molecular complexity index is 312. The maximum absolute atomic E-state index is 10.9. The van der Waals surface area contributed by atoms with Crippen LogP contribution in [0.3, 0.4) is 0 Å². The molecule has 1 aromatic heterocycles. The van der Waals surface area contributed by atoms with E-state index in [4.69, 9.17) is 10.8 Å². The van der Waals surface area contributed by atoms with Crippen molar-refractivity contribution in [3.8, 4) is 0 Å². The SMILES string of the molecule is CCC(N)(CCCn1cncn1)C(=O)O. The number of hydrogen-bond acceptors (Lipinski definition) is 4. The van der Waals surface area contributed by atoms with Gasteiger partial charge in [0.1, 0.15) is 18.2 Å². The van der Waals surface area contributed by atoms with Crippen LogP contribution in [0.25, 0.3) is 0 Å². The predicted octanol–water partition coefficient (Wildman–Crippen LogP) is 0.250. The molecule has 1 atom stereocenters. The average Bonchev–Trinajstić information content (AvgIpc) is 2.70. The van der Waals surface area contributed by atoms with Crippen molar-refractivity contribution in [2.75, 3.05) is 0 Å². The molecule has 0 fully saturated rings. The highest BCUT2D eigenvalue weighted by molar-refractivity contribution is 5.78. The van der Waals surface area contributed by atoms with Crippen LogP contribution in [-0.4, -0.2) is 31.4 Å². The number of carbonyl (C=O) groups is 1. The van der Waals surface area contributed by atoms with Gasteiger partial charge in [-0.15, -0.1) is 0 Å². The van der Waals surface area contributed by atoms with Gasteiger partial charge < -0.3 is 10.8 Å². The Balaban J connectivity index is 2.38. The fourth-order valence-corrected chi connectivity index (χ4v) is 1.34. The zero-order chi connectivity index (χ0) is 11.3. The van der Waals surface area contributed by atoms with Gasteiger partial charge in [0.05, 0.1) is 0 Å². The summed E-state index contributed by atoms with van der Waals surface area (Å²) in [5, 5.41) is 12.9. The third-order valence-electron chi connectivity index (χ3n) is 2.53. The second-order valence-electron chi connectivity index (χ2n) is 3.58. The van der Waals surface area contributed by atoms with Crippen molar-refractivity contribution in [3.63, 3.8) is 0 Å². The van der Waals surface area contributed by atoms with Gasteiger partial charge in [0.25, 0.3) is 0 Å². The highest BCUT2D eigenvalue weighted by Crippen LogP contribution is 2.14. The van der Waals surface area contributed by atoms with E-state index in [1.807, 2.05) is 0 Å². The van der Waals surface area contributed by atoms with Crippen LogP contribution in [0, 0.1) is 0 Å². The molecule has 0 saturated carbocycles. The van der Waals surface area contributed by atoms with E-state index in [0.717, 1.165) is 0 Å². The molecule has 15 heavy (non-hydrogen) atoms. The lowest BCUT2D eigenvalue weighted by Gasteiger charge is -2.22. The topological polar surface area (TPSA) is 94.0 Å². The van der Waals surface area contributed by atoms with Gasteiger partial charge in [-0.3, -0.25) is 9.48 Å². The third-order valence-corrected chi connectivity index (χ3v) is 2.53. The minimum atomic E-state index is -1.11. The number of hydrogen-bond donors (Lipinski definition) is 2. The standard InChI is InChI=1S/C9H16N4O2/c1-2-9(10,8(14)15)4-3-5-13-7-11-6-12-13/h6-7H,2-5,10H2,1H3,(H,14,15). The maximum atomic E-state index is 10.9. The summed E-state index contributed by atoms with van der Waals surface area (Å²) in [5.74, 6) is -0.941. The number of rotatable bonds is 6. The Kier molecular flexibility index (Phi) is 3.79. The molecule has 0 saturated heterocycles. The van der Waals surface area contributed by atoms with Crippen LogP contribution in [0.1, 0.15) is 26.2 Å². The molecule has 6 nitrogen and oxygen atoms in total. The van der Waals surface area contributed by atoms with Gasteiger partial charge in [-0.05, 0) is 19.3 Å². The predicted molar refractivity (Wildman–Crippen MR) is 54.1 cm³/mol. The van der Waals surface area contributed by atoms with E-state index in [1.165, 1.54) is 6.33 Å². The normalized spacial score (nSPS) is 14.8. The minimum absolute atomic E-state index is 0.430. The summed E-state index contributed by atoms with van der Waals surface area (Å²) in [5.41, 5.74) is 4.62. The van der Waals surface area contributed by atoms with Gasteiger partial charge in [0, 0.05) is 6.54 Å². The van der Waals surface area contributed by atoms with E-state index in [0.29, 0.717) is 25.8 Å². The highest BCUT2D eigenvalue weighted by atomic mass is 16.4. The van der Waals surface area contributed by atoms with Crippen LogP contribution in [0.5, 0.6) is 0 Å². The maximum Gasteiger partial charge on any atom is 0.323 e. The zero-order valence-corrected chi connectivity index (χ0v) is 8.76. The Morgan fingerprint density at radius 3 is 2.87 bits per heavy atom. The van der Waals surface area contributed by atoms with E-state index in [2.05, 4.69) is 10.1 Å². The molecule has 0 spiro atoms. The number of aromatic nitrogens is 3. The number of carboxylic acid groups (broad SMARTS) is 1. The quantitative estimate of drug-likeness (QED) is 0.705. The Hall–Kier alpha value is -1.43. The summed E-state index contributed by atoms with van der Waals surface area (Å²) in [6.45, 7) is 2.43. The van der Waals surface area contributed by atoms with E-state index < -0.39 is 11.5 Å². The van der Waals surface area contributed by atoms with Crippen molar-refractivity contribution in [2.24, 2.45) is 5.73 Å². The molecule has 0 aliphatic rings. The first kappa shape index (κ1) is 11.6. The third kappa shape index (κ3) is 3.02. The first-order chi connectivity index (χ1) is 7.08. The number of nitrogens with two attached hydrogens (primary N) is 1. The molecule has 6 heteroatoms. The van der Waals surface area contributed by atoms with Gasteiger partial charge in [-0.2, -0.15) is 5.10 Å². The summed E-state index contributed by atoms with van der Waals surface area (Å²) < 4.78 is 1.66.